The maximum atomic E-state index is 2.26. The molecule has 0 spiro atoms. The van der Waals surface area contributed by atoms with Crippen LogP contribution in [0, 0.1) is 0 Å². The van der Waals surface area contributed by atoms with Gasteiger partial charge in [-0.25, -0.2) is 13.7 Å². The number of pyridine rings is 3. The first-order valence-corrected chi connectivity index (χ1v) is 17.6. The Morgan fingerprint density at radius 3 is 0.689 bits per heavy atom. The van der Waals surface area contributed by atoms with Crippen LogP contribution in [0.15, 0.2) is 91.8 Å². The molecule has 0 aliphatic rings. The highest BCUT2D eigenvalue weighted by atomic mass is 79.9. The lowest BCUT2D eigenvalue weighted by Crippen LogP contribution is -3.00. The molecule has 3 aromatic rings. The zero-order valence-electron chi connectivity index (χ0n) is 29.0. The number of unbranched alkanes of at least 4 members (excludes halogenated alkanes) is 15. The van der Waals surface area contributed by atoms with Crippen LogP contribution in [-0.4, -0.2) is 0 Å². The third-order valence-corrected chi connectivity index (χ3v) is 7.64. The molecule has 0 unspecified atom stereocenters. The molecule has 0 atom stereocenters. The molecule has 258 valence electrons. The molecule has 45 heavy (non-hydrogen) atoms. The molecule has 0 saturated carbocycles. The molecule has 0 saturated heterocycles. The van der Waals surface area contributed by atoms with Gasteiger partial charge < -0.3 is 50.9 Å². The number of aromatic nitrogens is 3. The van der Waals surface area contributed by atoms with Crippen molar-refractivity contribution in [3.05, 3.63) is 91.8 Å². The van der Waals surface area contributed by atoms with Crippen LogP contribution in [0.5, 0.6) is 0 Å². The van der Waals surface area contributed by atoms with Gasteiger partial charge in [-0.3, -0.25) is 0 Å². The summed E-state index contributed by atoms with van der Waals surface area (Å²) in [5, 5.41) is 0. The van der Waals surface area contributed by atoms with Crippen LogP contribution in [0.1, 0.15) is 136 Å². The standard InChI is InChI=1S/3C13H22N.3BrH/c3*1-2-3-4-5-6-8-11-14-12-9-7-10-13-14;;;/h3*7,9-10,12-13H,2-6,8,11H2,1H3;3*1H/q3*+1;;;/p-3. The van der Waals surface area contributed by atoms with Gasteiger partial charge in [0.15, 0.2) is 37.2 Å². The minimum atomic E-state index is 0. The largest absolute Gasteiger partial charge is 1.00 e. The van der Waals surface area contributed by atoms with Crippen LogP contribution in [0.25, 0.3) is 0 Å². The van der Waals surface area contributed by atoms with Crippen molar-refractivity contribution in [1.82, 2.24) is 0 Å². The summed E-state index contributed by atoms with van der Waals surface area (Å²) in [4.78, 5) is 0. The van der Waals surface area contributed by atoms with E-state index in [-0.39, 0.29) is 50.9 Å². The monoisotopic (exact) mass is 813 g/mol. The predicted octanol–water partition coefficient (Wildman–Crippen LogP) is 1.02. The highest BCUT2D eigenvalue weighted by molar-refractivity contribution is 4.84. The molecule has 6 heteroatoms. The van der Waals surface area contributed by atoms with E-state index < -0.39 is 0 Å². The third-order valence-electron chi connectivity index (χ3n) is 7.64. The lowest BCUT2D eigenvalue weighted by atomic mass is 10.1. The minimum absolute atomic E-state index is 0. The summed E-state index contributed by atoms with van der Waals surface area (Å²) in [7, 11) is 0. The van der Waals surface area contributed by atoms with Crippen LogP contribution in [0.4, 0.5) is 0 Å². The van der Waals surface area contributed by atoms with Crippen LogP contribution in [0.2, 0.25) is 0 Å². The quantitative estimate of drug-likeness (QED) is 0.113. The van der Waals surface area contributed by atoms with E-state index in [9.17, 15) is 0 Å². The van der Waals surface area contributed by atoms with Crippen molar-refractivity contribution in [3.8, 4) is 0 Å². The molecule has 0 aliphatic heterocycles. The highest BCUT2D eigenvalue weighted by Crippen LogP contribution is 2.06. The molecular weight excluding hydrogens is 750 g/mol. The van der Waals surface area contributed by atoms with Crippen molar-refractivity contribution >= 4 is 0 Å². The van der Waals surface area contributed by atoms with Gasteiger partial charge >= 0.3 is 0 Å². The van der Waals surface area contributed by atoms with E-state index in [1.807, 2.05) is 0 Å². The SMILES string of the molecule is CCCCCCCC[n+]1ccccc1.CCCCCCCC[n+]1ccccc1.CCCCCCCC[n+]1ccccc1.[Br-].[Br-].[Br-]. The minimum Gasteiger partial charge on any atom is -1.00 e. The molecule has 0 aliphatic carbocycles. The second-order valence-corrected chi connectivity index (χ2v) is 11.6. The van der Waals surface area contributed by atoms with Crippen molar-refractivity contribution in [3.63, 3.8) is 0 Å². The van der Waals surface area contributed by atoms with Gasteiger partial charge in [-0.05, 0) is 19.3 Å². The lowest BCUT2D eigenvalue weighted by Gasteiger charge is -1.98. The van der Waals surface area contributed by atoms with Gasteiger partial charge in [0, 0.05) is 55.7 Å². The molecule has 0 radical (unpaired) electrons. The van der Waals surface area contributed by atoms with Gasteiger partial charge in [-0.2, -0.15) is 0 Å². The first-order chi connectivity index (χ1) is 20.8. The Hall–Kier alpha value is -1.11. The van der Waals surface area contributed by atoms with E-state index in [4.69, 9.17) is 0 Å². The van der Waals surface area contributed by atoms with Gasteiger partial charge in [0.05, 0.1) is 0 Å². The molecule has 3 rings (SSSR count). The van der Waals surface area contributed by atoms with Crippen molar-refractivity contribution in [2.45, 2.75) is 156 Å². The second kappa shape index (κ2) is 39.1. The number of hydrogen-bond donors (Lipinski definition) is 0. The summed E-state index contributed by atoms with van der Waals surface area (Å²) >= 11 is 0. The third kappa shape index (κ3) is 32.6. The number of aryl methyl sites for hydroxylation is 3. The fraction of sp³-hybridized carbons (Fsp3) is 0.615. The maximum absolute atomic E-state index is 2.26. The Kier molecular flexibility index (Phi) is 41.9. The Labute approximate surface area is 310 Å². The molecule has 0 aromatic carbocycles. The number of hydrogen-bond acceptors (Lipinski definition) is 0. The van der Waals surface area contributed by atoms with Crippen molar-refractivity contribution in [2.75, 3.05) is 0 Å². The summed E-state index contributed by atoms with van der Waals surface area (Å²) in [6.07, 6.45) is 37.6. The molecule has 3 heterocycles. The van der Waals surface area contributed by atoms with E-state index in [0.717, 1.165) is 0 Å². The summed E-state index contributed by atoms with van der Waals surface area (Å²) < 4.78 is 6.79. The molecule has 0 N–H and O–H groups in total. The van der Waals surface area contributed by atoms with Gasteiger partial charge in [-0.1, -0.05) is 116 Å². The smallest absolute Gasteiger partial charge is 0.168 e. The maximum Gasteiger partial charge on any atom is 0.168 e. The van der Waals surface area contributed by atoms with Gasteiger partial charge in [0.1, 0.15) is 19.6 Å². The van der Waals surface area contributed by atoms with Gasteiger partial charge in [-0.15, -0.1) is 0 Å². The Morgan fingerprint density at radius 1 is 0.267 bits per heavy atom. The zero-order chi connectivity index (χ0) is 30.2. The predicted molar refractivity (Wildman–Crippen MR) is 180 cm³/mol. The Morgan fingerprint density at radius 2 is 0.467 bits per heavy atom. The van der Waals surface area contributed by atoms with E-state index in [0.29, 0.717) is 0 Å². The summed E-state index contributed by atoms with van der Waals surface area (Å²) in [5.74, 6) is 0. The van der Waals surface area contributed by atoms with E-state index >= 15 is 0 Å². The summed E-state index contributed by atoms with van der Waals surface area (Å²) in [6, 6.07) is 18.8. The lowest BCUT2D eigenvalue weighted by molar-refractivity contribution is -0.697. The van der Waals surface area contributed by atoms with Crippen molar-refractivity contribution in [2.24, 2.45) is 0 Å². The van der Waals surface area contributed by atoms with Gasteiger partial charge in [0.25, 0.3) is 0 Å². The topological polar surface area (TPSA) is 11.6 Å². The molecule has 0 bridgehead atoms. The highest BCUT2D eigenvalue weighted by Gasteiger charge is 1.99. The Bertz CT molecular complexity index is 792. The van der Waals surface area contributed by atoms with Gasteiger partial charge in [0.2, 0.25) is 0 Å². The van der Waals surface area contributed by atoms with Crippen molar-refractivity contribution < 1.29 is 64.6 Å². The normalized spacial score (nSPS) is 9.67. The number of halogens is 3. The van der Waals surface area contributed by atoms with E-state index in [2.05, 4.69) is 126 Å². The fourth-order valence-corrected chi connectivity index (χ4v) is 4.97. The van der Waals surface area contributed by atoms with Crippen LogP contribution >= 0.6 is 0 Å². The molecule has 0 amide bonds. The molecule has 3 nitrogen and oxygen atoms in total. The van der Waals surface area contributed by atoms with Crippen LogP contribution < -0.4 is 64.6 Å². The Balaban J connectivity index is -0.000000569. The first kappa shape index (κ1) is 48.3. The zero-order valence-corrected chi connectivity index (χ0v) is 33.7. The molecule has 0 fully saturated rings. The van der Waals surface area contributed by atoms with E-state index in [1.54, 1.807) is 0 Å². The molecule has 3 aromatic heterocycles. The van der Waals surface area contributed by atoms with Crippen LogP contribution in [-0.2, 0) is 19.6 Å². The van der Waals surface area contributed by atoms with E-state index in [1.165, 1.54) is 135 Å². The fourth-order valence-electron chi connectivity index (χ4n) is 4.97. The average Bonchev–Trinajstić information content (AvgIpc) is 3.04. The number of nitrogens with zero attached hydrogens (tertiary/aromatic N) is 3. The number of rotatable bonds is 21. The summed E-state index contributed by atoms with van der Waals surface area (Å²) in [6.45, 7) is 10.3. The van der Waals surface area contributed by atoms with Crippen LogP contribution in [0.3, 0.4) is 0 Å². The van der Waals surface area contributed by atoms with Crippen molar-refractivity contribution in [1.29, 1.82) is 0 Å². The second-order valence-electron chi connectivity index (χ2n) is 11.6. The summed E-state index contributed by atoms with van der Waals surface area (Å²) in [5.41, 5.74) is 0. The first-order valence-electron chi connectivity index (χ1n) is 17.6. The average molecular weight is 817 g/mol. The molecular formula is C39H66Br3N3.